The number of aliphatic hydroxyl groups is 1. The molecule has 2 N–H and O–H groups in total. The predicted molar refractivity (Wildman–Crippen MR) is 42.7 cm³/mol. The highest BCUT2D eigenvalue weighted by Crippen LogP contribution is 1.81. The summed E-state index contributed by atoms with van der Waals surface area (Å²) in [6.45, 7) is 1.26. The zero-order chi connectivity index (χ0) is 9.94. The fourth-order valence-electron chi connectivity index (χ4n) is 0.574. The van der Waals surface area contributed by atoms with E-state index in [9.17, 15) is 4.79 Å². The SMILES string of the molecule is O=C(O)OCCOCCOCCO. The first-order chi connectivity index (χ1) is 6.27. The normalized spacial score (nSPS) is 9.92. The van der Waals surface area contributed by atoms with E-state index in [0.29, 0.717) is 13.2 Å². The standard InChI is InChI=1S/C7H14O6/c8-1-2-11-3-4-12-5-6-13-7(9)10/h8H,1-6H2,(H,9,10). The number of hydrogen-bond donors (Lipinski definition) is 2. The molecule has 0 aliphatic heterocycles. The quantitative estimate of drug-likeness (QED) is 0.408. The Morgan fingerprint density at radius 2 is 1.54 bits per heavy atom. The van der Waals surface area contributed by atoms with Gasteiger partial charge in [-0.05, 0) is 0 Å². The molecule has 0 fully saturated rings. The number of aliphatic hydroxyl groups excluding tert-OH is 1. The van der Waals surface area contributed by atoms with Crippen LogP contribution in [0.2, 0.25) is 0 Å². The lowest BCUT2D eigenvalue weighted by Gasteiger charge is -2.03. The van der Waals surface area contributed by atoms with Gasteiger partial charge in [-0.25, -0.2) is 4.79 Å². The van der Waals surface area contributed by atoms with Gasteiger partial charge in [-0.3, -0.25) is 0 Å². The zero-order valence-corrected chi connectivity index (χ0v) is 7.27. The number of carboxylic acid groups (broad SMARTS) is 1. The summed E-state index contributed by atoms with van der Waals surface area (Å²) in [4.78, 5) is 9.84. The summed E-state index contributed by atoms with van der Waals surface area (Å²) in [6, 6.07) is 0. The Labute approximate surface area is 76.0 Å². The maximum atomic E-state index is 9.84. The van der Waals surface area contributed by atoms with Crippen LogP contribution in [-0.4, -0.2) is 56.0 Å². The third kappa shape index (κ3) is 11.1. The molecule has 0 aromatic heterocycles. The van der Waals surface area contributed by atoms with Crippen molar-refractivity contribution in [2.24, 2.45) is 0 Å². The highest BCUT2D eigenvalue weighted by atomic mass is 16.7. The van der Waals surface area contributed by atoms with Crippen molar-refractivity contribution in [1.29, 1.82) is 0 Å². The molecule has 0 rings (SSSR count). The Kier molecular flexibility index (Phi) is 8.64. The van der Waals surface area contributed by atoms with Crippen LogP contribution in [-0.2, 0) is 14.2 Å². The molecule has 78 valence electrons. The molecule has 0 saturated heterocycles. The molecule has 0 bridgehead atoms. The summed E-state index contributed by atoms with van der Waals surface area (Å²) in [6.07, 6.45) is -1.31. The van der Waals surface area contributed by atoms with Crippen LogP contribution in [0.4, 0.5) is 4.79 Å². The summed E-state index contributed by atoms with van der Waals surface area (Å²) >= 11 is 0. The van der Waals surface area contributed by atoms with Crippen LogP contribution in [0.1, 0.15) is 0 Å². The van der Waals surface area contributed by atoms with E-state index in [4.69, 9.17) is 19.7 Å². The molecule has 0 amide bonds. The minimum absolute atomic E-state index is 0.0118. The molecule has 0 saturated carbocycles. The molecule has 13 heavy (non-hydrogen) atoms. The fraction of sp³-hybridized carbons (Fsp3) is 0.857. The van der Waals surface area contributed by atoms with E-state index < -0.39 is 6.16 Å². The van der Waals surface area contributed by atoms with Crippen molar-refractivity contribution in [3.05, 3.63) is 0 Å². The first kappa shape index (κ1) is 12.2. The monoisotopic (exact) mass is 194 g/mol. The minimum atomic E-state index is -1.31. The van der Waals surface area contributed by atoms with Crippen molar-refractivity contribution in [2.75, 3.05) is 39.6 Å². The van der Waals surface area contributed by atoms with Gasteiger partial charge in [-0.15, -0.1) is 0 Å². The van der Waals surface area contributed by atoms with Crippen LogP contribution >= 0.6 is 0 Å². The van der Waals surface area contributed by atoms with E-state index in [1.54, 1.807) is 0 Å². The summed E-state index contributed by atoms with van der Waals surface area (Å²) in [7, 11) is 0. The van der Waals surface area contributed by atoms with E-state index in [0.717, 1.165) is 0 Å². The molecule has 0 aliphatic rings. The van der Waals surface area contributed by atoms with Gasteiger partial charge in [0, 0.05) is 0 Å². The first-order valence-corrected chi connectivity index (χ1v) is 3.89. The second-order valence-electron chi connectivity index (χ2n) is 2.06. The van der Waals surface area contributed by atoms with Gasteiger partial charge < -0.3 is 24.4 Å². The first-order valence-electron chi connectivity index (χ1n) is 3.89. The van der Waals surface area contributed by atoms with E-state index in [1.807, 2.05) is 0 Å². The topological polar surface area (TPSA) is 85.2 Å². The van der Waals surface area contributed by atoms with Gasteiger partial charge in [0.25, 0.3) is 0 Å². The van der Waals surface area contributed by atoms with Crippen molar-refractivity contribution in [1.82, 2.24) is 0 Å². The number of carbonyl (C=O) groups is 1. The second kappa shape index (κ2) is 9.24. The van der Waals surface area contributed by atoms with Gasteiger partial charge in [-0.2, -0.15) is 0 Å². The highest BCUT2D eigenvalue weighted by molar-refractivity contribution is 5.56. The van der Waals surface area contributed by atoms with Crippen LogP contribution in [0.5, 0.6) is 0 Å². The lowest BCUT2D eigenvalue weighted by molar-refractivity contribution is 0.0118. The van der Waals surface area contributed by atoms with E-state index in [-0.39, 0.29) is 26.4 Å². The molecule has 0 aromatic carbocycles. The fourth-order valence-corrected chi connectivity index (χ4v) is 0.574. The summed E-state index contributed by atoms with van der Waals surface area (Å²) in [5.41, 5.74) is 0. The lowest BCUT2D eigenvalue weighted by atomic mass is 10.7. The molecule has 0 unspecified atom stereocenters. The molecule has 6 heteroatoms. The summed E-state index contributed by atoms with van der Waals surface area (Å²) < 4.78 is 14.0. The molecule has 0 spiro atoms. The number of ether oxygens (including phenoxy) is 3. The Bertz CT molecular complexity index is 126. The summed E-state index contributed by atoms with van der Waals surface area (Å²) in [5, 5.41) is 16.4. The van der Waals surface area contributed by atoms with E-state index >= 15 is 0 Å². The number of rotatable bonds is 8. The predicted octanol–water partition coefficient (Wildman–Crippen LogP) is -0.293. The highest BCUT2D eigenvalue weighted by Gasteiger charge is 1.95. The number of hydrogen-bond acceptors (Lipinski definition) is 5. The maximum Gasteiger partial charge on any atom is 0.505 e. The third-order valence-electron chi connectivity index (χ3n) is 1.06. The van der Waals surface area contributed by atoms with Crippen LogP contribution < -0.4 is 0 Å². The molecule has 0 atom stereocenters. The van der Waals surface area contributed by atoms with Crippen LogP contribution in [0.3, 0.4) is 0 Å². The van der Waals surface area contributed by atoms with Gasteiger partial charge in [0.2, 0.25) is 0 Å². The van der Waals surface area contributed by atoms with Crippen LogP contribution in [0.15, 0.2) is 0 Å². The maximum absolute atomic E-state index is 9.84. The van der Waals surface area contributed by atoms with Crippen molar-refractivity contribution in [2.45, 2.75) is 0 Å². The average molecular weight is 194 g/mol. The van der Waals surface area contributed by atoms with Gasteiger partial charge in [0.05, 0.1) is 33.0 Å². The van der Waals surface area contributed by atoms with Gasteiger partial charge >= 0.3 is 6.16 Å². The van der Waals surface area contributed by atoms with Crippen molar-refractivity contribution < 1.29 is 29.2 Å². The van der Waals surface area contributed by atoms with Crippen molar-refractivity contribution >= 4 is 6.16 Å². The molecule has 0 aromatic rings. The van der Waals surface area contributed by atoms with Crippen LogP contribution in [0, 0.1) is 0 Å². The molecule has 0 aliphatic carbocycles. The second-order valence-corrected chi connectivity index (χ2v) is 2.06. The molecular formula is C7H14O6. The van der Waals surface area contributed by atoms with E-state index in [1.165, 1.54) is 0 Å². The summed E-state index contributed by atoms with van der Waals surface area (Å²) in [5.74, 6) is 0. The van der Waals surface area contributed by atoms with Gasteiger partial charge in [0.1, 0.15) is 6.61 Å². The molecule has 6 nitrogen and oxygen atoms in total. The Morgan fingerprint density at radius 3 is 2.08 bits per heavy atom. The van der Waals surface area contributed by atoms with Gasteiger partial charge in [-0.1, -0.05) is 0 Å². The minimum Gasteiger partial charge on any atom is -0.450 e. The Morgan fingerprint density at radius 1 is 1.00 bits per heavy atom. The molecule has 0 heterocycles. The van der Waals surface area contributed by atoms with Crippen molar-refractivity contribution in [3.8, 4) is 0 Å². The Balaban J connectivity index is 2.87. The Hall–Kier alpha value is -0.850. The van der Waals surface area contributed by atoms with E-state index in [2.05, 4.69) is 4.74 Å². The molecule has 0 radical (unpaired) electrons. The largest absolute Gasteiger partial charge is 0.505 e. The van der Waals surface area contributed by atoms with Gasteiger partial charge in [0.15, 0.2) is 0 Å². The smallest absolute Gasteiger partial charge is 0.450 e. The molecular weight excluding hydrogens is 180 g/mol. The third-order valence-corrected chi connectivity index (χ3v) is 1.06. The zero-order valence-electron chi connectivity index (χ0n) is 7.27. The average Bonchev–Trinajstić information content (AvgIpc) is 2.09. The van der Waals surface area contributed by atoms with Crippen molar-refractivity contribution in [3.63, 3.8) is 0 Å². The lowest BCUT2D eigenvalue weighted by Crippen LogP contribution is -2.12. The van der Waals surface area contributed by atoms with Crippen LogP contribution in [0.25, 0.3) is 0 Å².